The summed E-state index contributed by atoms with van der Waals surface area (Å²) in [7, 11) is 1.66. The highest BCUT2D eigenvalue weighted by atomic mass is 16.5. The lowest BCUT2D eigenvalue weighted by atomic mass is 10.0. The van der Waals surface area contributed by atoms with Crippen molar-refractivity contribution in [1.82, 2.24) is 10.4 Å². The topological polar surface area (TPSA) is 60.2 Å². The normalized spacial score (nSPS) is 17.5. The van der Waals surface area contributed by atoms with Crippen molar-refractivity contribution in [2.75, 3.05) is 7.11 Å². The maximum absolute atomic E-state index is 5.58. The van der Waals surface area contributed by atoms with E-state index >= 15 is 0 Å². The molecule has 0 spiro atoms. The molecule has 1 fully saturated rings. The highest BCUT2D eigenvalue weighted by Crippen LogP contribution is 2.38. The molecule has 1 aromatic heterocycles. The summed E-state index contributed by atoms with van der Waals surface area (Å²) >= 11 is 0. The molecule has 1 heterocycles. The Morgan fingerprint density at radius 2 is 2.47 bits per heavy atom. The van der Waals surface area contributed by atoms with Crippen molar-refractivity contribution in [2.45, 2.75) is 25.3 Å². The molecule has 4 nitrogen and oxygen atoms in total. The second-order valence-electron chi connectivity index (χ2n) is 4.02. The molecule has 2 rings (SSSR count). The summed E-state index contributed by atoms with van der Waals surface area (Å²) in [6.07, 6.45) is 7.23. The van der Waals surface area contributed by atoms with Crippen LogP contribution >= 0.6 is 0 Å². The standard InChI is InChI=1S/C11H17N3O/c1-15-11-7-13-5-4-9(11)10(14-12)6-8-2-3-8/h4-5,7-8,10,14H,2-3,6,12H2,1H3. The van der Waals surface area contributed by atoms with Gasteiger partial charge in [0.15, 0.2) is 0 Å². The minimum atomic E-state index is 0.176. The van der Waals surface area contributed by atoms with Crippen LogP contribution in [-0.2, 0) is 0 Å². The van der Waals surface area contributed by atoms with Crippen LogP contribution < -0.4 is 16.0 Å². The van der Waals surface area contributed by atoms with Crippen molar-refractivity contribution in [2.24, 2.45) is 11.8 Å². The highest BCUT2D eigenvalue weighted by molar-refractivity contribution is 5.32. The third-order valence-corrected chi connectivity index (χ3v) is 2.88. The number of hydrogen-bond acceptors (Lipinski definition) is 4. The Bertz CT molecular complexity index is 325. The van der Waals surface area contributed by atoms with Crippen molar-refractivity contribution in [3.05, 3.63) is 24.0 Å². The molecule has 1 aliphatic rings. The SMILES string of the molecule is COc1cnccc1C(CC1CC1)NN. The predicted octanol–water partition coefficient (Wildman–Crippen LogP) is 1.39. The van der Waals surface area contributed by atoms with E-state index in [0.29, 0.717) is 0 Å². The van der Waals surface area contributed by atoms with Crippen LogP contribution in [0.1, 0.15) is 30.9 Å². The molecule has 82 valence electrons. The zero-order valence-electron chi connectivity index (χ0n) is 8.94. The minimum Gasteiger partial charge on any atom is -0.495 e. The van der Waals surface area contributed by atoms with Crippen LogP contribution in [0.2, 0.25) is 0 Å². The number of aromatic nitrogens is 1. The Hall–Kier alpha value is -1.13. The second kappa shape index (κ2) is 4.59. The van der Waals surface area contributed by atoms with E-state index in [1.807, 2.05) is 6.07 Å². The molecule has 0 bridgehead atoms. The first kappa shape index (κ1) is 10.4. The Kier molecular flexibility index (Phi) is 3.18. The minimum absolute atomic E-state index is 0.176. The lowest BCUT2D eigenvalue weighted by Gasteiger charge is -2.18. The fraction of sp³-hybridized carbons (Fsp3) is 0.545. The van der Waals surface area contributed by atoms with Gasteiger partial charge in [0.25, 0.3) is 0 Å². The molecule has 4 heteroatoms. The third kappa shape index (κ3) is 2.46. The van der Waals surface area contributed by atoms with Gasteiger partial charge in [0.05, 0.1) is 13.3 Å². The Labute approximate surface area is 89.8 Å². The van der Waals surface area contributed by atoms with E-state index in [-0.39, 0.29) is 6.04 Å². The molecule has 1 aromatic rings. The van der Waals surface area contributed by atoms with Crippen LogP contribution in [-0.4, -0.2) is 12.1 Å². The number of rotatable bonds is 5. The van der Waals surface area contributed by atoms with Gasteiger partial charge in [0.1, 0.15) is 5.75 Å². The van der Waals surface area contributed by atoms with Crippen molar-refractivity contribution >= 4 is 0 Å². The lowest BCUT2D eigenvalue weighted by Crippen LogP contribution is -2.28. The van der Waals surface area contributed by atoms with Gasteiger partial charge in [-0.25, -0.2) is 0 Å². The molecule has 0 aromatic carbocycles. The van der Waals surface area contributed by atoms with Crippen LogP contribution in [0, 0.1) is 5.92 Å². The van der Waals surface area contributed by atoms with Crippen molar-refractivity contribution in [3.8, 4) is 5.75 Å². The fourth-order valence-corrected chi connectivity index (χ4v) is 1.82. The first-order valence-electron chi connectivity index (χ1n) is 5.29. The maximum Gasteiger partial charge on any atom is 0.141 e. The molecular weight excluding hydrogens is 190 g/mol. The summed E-state index contributed by atoms with van der Waals surface area (Å²) in [6, 6.07) is 2.14. The fourth-order valence-electron chi connectivity index (χ4n) is 1.82. The van der Waals surface area contributed by atoms with E-state index in [1.54, 1.807) is 19.5 Å². The van der Waals surface area contributed by atoms with Gasteiger partial charge in [-0.2, -0.15) is 0 Å². The molecule has 1 saturated carbocycles. The van der Waals surface area contributed by atoms with Gasteiger partial charge in [0.2, 0.25) is 0 Å². The number of nitrogens with zero attached hydrogens (tertiary/aromatic N) is 1. The number of methoxy groups -OCH3 is 1. The number of nitrogens with two attached hydrogens (primary N) is 1. The number of nitrogens with one attached hydrogen (secondary N) is 1. The van der Waals surface area contributed by atoms with Crippen LogP contribution in [0.25, 0.3) is 0 Å². The van der Waals surface area contributed by atoms with Gasteiger partial charge >= 0.3 is 0 Å². The van der Waals surface area contributed by atoms with Crippen molar-refractivity contribution in [3.63, 3.8) is 0 Å². The molecular formula is C11H17N3O. The van der Waals surface area contributed by atoms with E-state index < -0.39 is 0 Å². The van der Waals surface area contributed by atoms with Crippen LogP contribution in [0.3, 0.4) is 0 Å². The second-order valence-corrected chi connectivity index (χ2v) is 4.02. The number of hydrogen-bond donors (Lipinski definition) is 2. The van der Waals surface area contributed by atoms with Gasteiger partial charge in [-0.3, -0.25) is 16.3 Å². The van der Waals surface area contributed by atoms with E-state index in [0.717, 1.165) is 23.7 Å². The summed E-state index contributed by atoms with van der Waals surface area (Å²) in [5.41, 5.74) is 3.96. The summed E-state index contributed by atoms with van der Waals surface area (Å²) in [5, 5.41) is 0. The van der Waals surface area contributed by atoms with E-state index in [1.165, 1.54) is 12.8 Å². The predicted molar refractivity (Wildman–Crippen MR) is 58.2 cm³/mol. The molecule has 1 atom stereocenters. The molecule has 0 radical (unpaired) electrons. The van der Waals surface area contributed by atoms with Crippen molar-refractivity contribution in [1.29, 1.82) is 0 Å². The van der Waals surface area contributed by atoms with Gasteiger partial charge < -0.3 is 4.74 Å². The van der Waals surface area contributed by atoms with E-state index in [2.05, 4.69) is 10.4 Å². The van der Waals surface area contributed by atoms with Gasteiger partial charge in [-0.15, -0.1) is 0 Å². The van der Waals surface area contributed by atoms with Crippen LogP contribution in [0.15, 0.2) is 18.5 Å². The molecule has 3 N–H and O–H groups in total. The average Bonchev–Trinajstić information content (AvgIpc) is 3.10. The number of hydrazine groups is 1. The van der Waals surface area contributed by atoms with Gasteiger partial charge in [-0.05, 0) is 18.4 Å². The maximum atomic E-state index is 5.58. The molecule has 0 aliphatic heterocycles. The summed E-state index contributed by atoms with van der Waals surface area (Å²) in [4.78, 5) is 4.03. The van der Waals surface area contributed by atoms with E-state index in [4.69, 9.17) is 10.6 Å². The number of ether oxygens (including phenoxy) is 1. The molecule has 1 aliphatic carbocycles. The first-order chi connectivity index (χ1) is 7.35. The van der Waals surface area contributed by atoms with Crippen molar-refractivity contribution < 1.29 is 4.74 Å². The zero-order chi connectivity index (χ0) is 10.7. The van der Waals surface area contributed by atoms with Crippen LogP contribution in [0.5, 0.6) is 5.75 Å². The average molecular weight is 207 g/mol. The molecule has 0 saturated heterocycles. The quantitative estimate of drug-likeness (QED) is 0.566. The monoisotopic (exact) mass is 207 g/mol. The molecule has 15 heavy (non-hydrogen) atoms. The summed E-state index contributed by atoms with van der Waals surface area (Å²) in [5.74, 6) is 7.21. The third-order valence-electron chi connectivity index (χ3n) is 2.88. The van der Waals surface area contributed by atoms with Gasteiger partial charge in [-0.1, -0.05) is 12.8 Å². The summed E-state index contributed by atoms with van der Waals surface area (Å²) < 4.78 is 5.27. The highest BCUT2D eigenvalue weighted by Gasteiger charge is 2.27. The zero-order valence-corrected chi connectivity index (χ0v) is 8.94. The smallest absolute Gasteiger partial charge is 0.141 e. The summed E-state index contributed by atoms with van der Waals surface area (Å²) in [6.45, 7) is 0. The first-order valence-corrected chi connectivity index (χ1v) is 5.29. The Morgan fingerprint density at radius 3 is 3.07 bits per heavy atom. The van der Waals surface area contributed by atoms with Gasteiger partial charge in [0, 0.05) is 17.8 Å². The Balaban J connectivity index is 2.15. The lowest BCUT2D eigenvalue weighted by molar-refractivity contribution is 0.390. The van der Waals surface area contributed by atoms with Crippen LogP contribution in [0.4, 0.5) is 0 Å². The molecule has 0 amide bonds. The van der Waals surface area contributed by atoms with E-state index in [9.17, 15) is 0 Å². The molecule has 1 unspecified atom stereocenters. The Morgan fingerprint density at radius 1 is 1.67 bits per heavy atom. The number of pyridine rings is 1. The largest absolute Gasteiger partial charge is 0.495 e.